The van der Waals surface area contributed by atoms with E-state index in [1.807, 2.05) is 11.3 Å². The summed E-state index contributed by atoms with van der Waals surface area (Å²) in [7, 11) is 0. The molecule has 0 aliphatic rings. The van der Waals surface area contributed by atoms with E-state index in [2.05, 4.69) is 50.4 Å². The third-order valence-electron chi connectivity index (χ3n) is 2.68. The monoisotopic (exact) mass is 218 g/mol. The van der Waals surface area contributed by atoms with E-state index in [0.29, 0.717) is 5.41 Å². The maximum absolute atomic E-state index is 2.34. The third-order valence-corrected chi connectivity index (χ3v) is 3.56. The van der Waals surface area contributed by atoms with Gasteiger partial charge in [0.1, 0.15) is 0 Å². The van der Waals surface area contributed by atoms with Crippen LogP contribution in [0, 0.1) is 5.41 Å². The Morgan fingerprint density at radius 1 is 1.13 bits per heavy atom. The van der Waals surface area contributed by atoms with Crippen molar-refractivity contribution in [2.75, 3.05) is 0 Å². The number of fused-ring (bicyclic) bond motifs is 1. The number of aryl methyl sites for hydroxylation is 1. The molecule has 0 spiro atoms. The number of hydrogen-bond donors (Lipinski definition) is 0. The molecule has 0 unspecified atom stereocenters. The van der Waals surface area contributed by atoms with Crippen LogP contribution in [0.3, 0.4) is 0 Å². The fourth-order valence-electron chi connectivity index (χ4n) is 1.67. The first kappa shape index (κ1) is 10.7. The van der Waals surface area contributed by atoms with Gasteiger partial charge in [-0.25, -0.2) is 0 Å². The minimum absolute atomic E-state index is 0.435. The van der Waals surface area contributed by atoms with E-state index in [0.717, 1.165) is 0 Å². The van der Waals surface area contributed by atoms with Crippen LogP contribution in [0.5, 0.6) is 0 Å². The number of rotatable bonds is 2. The molecular weight excluding hydrogens is 200 g/mol. The maximum atomic E-state index is 2.34. The van der Waals surface area contributed by atoms with Crippen molar-refractivity contribution in [1.82, 2.24) is 0 Å². The van der Waals surface area contributed by atoms with Crippen molar-refractivity contribution in [2.24, 2.45) is 5.41 Å². The van der Waals surface area contributed by atoms with Gasteiger partial charge in [-0.1, -0.05) is 32.9 Å². The molecular formula is C14H18S. The minimum Gasteiger partial charge on any atom is -0.144 e. The summed E-state index contributed by atoms with van der Waals surface area (Å²) in [6.07, 6.45) is 2.45. The molecule has 0 amide bonds. The highest BCUT2D eigenvalue weighted by Gasteiger charge is 2.10. The lowest BCUT2D eigenvalue weighted by atomic mass is 9.89. The Morgan fingerprint density at radius 2 is 1.93 bits per heavy atom. The van der Waals surface area contributed by atoms with Crippen molar-refractivity contribution >= 4 is 21.4 Å². The van der Waals surface area contributed by atoms with Crippen LogP contribution < -0.4 is 0 Å². The predicted octanol–water partition coefficient (Wildman–Crippen LogP) is 4.88. The third kappa shape index (κ3) is 2.82. The van der Waals surface area contributed by atoms with Crippen LogP contribution in [0.15, 0.2) is 29.6 Å². The molecule has 15 heavy (non-hydrogen) atoms. The van der Waals surface area contributed by atoms with Crippen LogP contribution in [0.1, 0.15) is 32.8 Å². The molecule has 0 aliphatic carbocycles. The predicted molar refractivity (Wildman–Crippen MR) is 69.6 cm³/mol. The van der Waals surface area contributed by atoms with Crippen molar-refractivity contribution in [3.05, 3.63) is 35.2 Å². The second-order valence-corrected chi connectivity index (χ2v) is 6.30. The lowest BCUT2D eigenvalue weighted by Crippen LogP contribution is -2.06. The van der Waals surface area contributed by atoms with Crippen LogP contribution in [0.4, 0.5) is 0 Å². The molecule has 0 radical (unpaired) electrons. The van der Waals surface area contributed by atoms with Crippen LogP contribution >= 0.6 is 11.3 Å². The molecule has 0 nitrogen and oxygen atoms in total. The van der Waals surface area contributed by atoms with Gasteiger partial charge in [-0.3, -0.25) is 0 Å². The Labute approximate surface area is 95.9 Å². The van der Waals surface area contributed by atoms with Crippen molar-refractivity contribution in [3.8, 4) is 0 Å². The highest BCUT2D eigenvalue weighted by Crippen LogP contribution is 2.25. The quantitative estimate of drug-likeness (QED) is 0.674. The lowest BCUT2D eigenvalue weighted by molar-refractivity contribution is 0.378. The maximum Gasteiger partial charge on any atom is 0.0345 e. The molecule has 2 rings (SSSR count). The summed E-state index contributed by atoms with van der Waals surface area (Å²) in [5, 5.41) is 3.54. The highest BCUT2D eigenvalue weighted by molar-refractivity contribution is 7.17. The Bertz CT molecular complexity index is 446. The van der Waals surface area contributed by atoms with E-state index < -0.39 is 0 Å². The average Bonchev–Trinajstić information content (AvgIpc) is 2.60. The van der Waals surface area contributed by atoms with E-state index in [-0.39, 0.29) is 0 Å². The van der Waals surface area contributed by atoms with Gasteiger partial charge in [0, 0.05) is 4.70 Å². The van der Waals surface area contributed by atoms with Gasteiger partial charge >= 0.3 is 0 Å². The topological polar surface area (TPSA) is 0 Å². The molecule has 0 N–H and O–H groups in total. The summed E-state index contributed by atoms with van der Waals surface area (Å²) in [6.45, 7) is 6.91. The molecule has 0 aliphatic heterocycles. The number of hydrogen-bond acceptors (Lipinski definition) is 1. The van der Waals surface area contributed by atoms with Crippen molar-refractivity contribution < 1.29 is 0 Å². The summed E-state index contributed by atoms with van der Waals surface area (Å²) >= 11 is 1.83. The first-order chi connectivity index (χ1) is 7.04. The zero-order valence-corrected chi connectivity index (χ0v) is 10.5. The summed E-state index contributed by atoms with van der Waals surface area (Å²) < 4.78 is 1.42. The summed E-state index contributed by atoms with van der Waals surface area (Å²) in [6, 6.07) is 9.03. The first-order valence-electron chi connectivity index (χ1n) is 5.51. The largest absolute Gasteiger partial charge is 0.144 e. The van der Waals surface area contributed by atoms with E-state index in [1.54, 1.807) is 0 Å². The van der Waals surface area contributed by atoms with Crippen LogP contribution in [0.25, 0.3) is 10.1 Å². The Hall–Kier alpha value is -0.820. The highest BCUT2D eigenvalue weighted by atomic mass is 32.1. The van der Waals surface area contributed by atoms with Gasteiger partial charge < -0.3 is 0 Å². The molecule has 0 atom stereocenters. The molecule has 0 fully saturated rings. The zero-order valence-electron chi connectivity index (χ0n) is 9.71. The van der Waals surface area contributed by atoms with E-state index in [4.69, 9.17) is 0 Å². The Balaban J connectivity index is 2.15. The summed E-state index contributed by atoms with van der Waals surface area (Å²) in [4.78, 5) is 0. The molecule has 80 valence electrons. The van der Waals surface area contributed by atoms with Crippen LogP contribution in [-0.2, 0) is 6.42 Å². The van der Waals surface area contributed by atoms with Crippen molar-refractivity contribution in [2.45, 2.75) is 33.6 Å². The van der Waals surface area contributed by atoms with E-state index >= 15 is 0 Å². The molecule has 1 heteroatoms. The van der Waals surface area contributed by atoms with Crippen LogP contribution in [0.2, 0.25) is 0 Å². The standard InChI is InChI=1S/C14H18S/c1-14(2,3)8-6-11-4-5-12-7-9-15-13(12)10-11/h4-5,7,9-10H,6,8H2,1-3H3. The summed E-state index contributed by atoms with van der Waals surface area (Å²) in [5.41, 5.74) is 1.91. The van der Waals surface area contributed by atoms with E-state index in [1.165, 1.54) is 28.5 Å². The van der Waals surface area contributed by atoms with Crippen LogP contribution in [-0.4, -0.2) is 0 Å². The normalized spacial score (nSPS) is 12.2. The van der Waals surface area contributed by atoms with Gasteiger partial charge in [-0.15, -0.1) is 11.3 Å². The van der Waals surface area contributed by atoms with Gasteiger partial charge in [-0.2, -0.15) is 0 Å². The molecule has 0 saturated carbocycles. The van der Waals surface area contributed by atoms with Crippen molar-refractivity contribution in [3.63, 3.8) is 0 Å². The van der Waals surface area contributed by atoms with E-state index in [9.17, 15) is 0 Å². The summed E-state index contributed by atoms with van der Waals surface area (Å²) in [5.74, 6) is 0. The molecule has 2 aromatic rings. The van der Waals surface area contributed by atoms with Gasteiger partial charge in [0.2, 0.25) is 0 Å². The Morgan fingerprint density at radius 3 is 2.67 bits per heavy atom. The van der Waals surface area contributed by atoms with Gasteiger partial charge in [0.25, 0.3) is 0 Å². The van der Waals surface area contributed by atoms with Gasteiger partial charge in [0.05, 0.1) is 0 Å². The average molecular weight is 218 g/mol. The first-order valence-corrected chi connectivity index (χ1v) is 6.39. The second kappa shape index (κ2) is 3.97. The molecule has 1 heterocycles. The molecule has 0 saturated heterocycles. The molecule has 1 aromatic heterocycles. The zero-order chi connectivity index (χ0) is 10.9. The SMILES string of the molecule is CC(C)(C)CCc1ccc2ccsc2c1. The number of thiophene rings is 1. The minimum atomic E-state index is 0.435. The lowest BCUT2D eigenvalue weighted by Gasteiger charge is -2.17. The number of benzene rings is 1. The van der Waals surface area contributed by atoms with Gasteiger partial charge in [-0.05, 0) is 46.7 Å². The fraction of sp³-hybridized carbons (Fsp3) is 0.429. The second-order valence-electron chi connectivity index (χ2n) is 5.35. The smallest absolute Gasteiger partial charge is 0.0345 e. The van der Waals surface area contributed by atoms with Gasteiger partial charge in [0.15, 0.2) is 0 Å². The molecule has 1 aromatic carbocycles. The fourth-order valence-corrected chi connectivity index (χ4v) is 2.53. The molecule has 0 bridgehead atoms. The Kier molecular flexibility index (Phi) is 2.83. The van der Waals surface area contributed by atoms with Crippen molar-refractivity contribution in [1.29, 1.82) is 0 Å².